The Kier molecular flexibility index (Phi) is 15.3. The molecule has 6 rings (SSSR count). The molecule has 2 unspecified atom stereocenters. The fourth-order valence-electron chi connectivity index (χ4n) is 7.50. The Morgan fingerprint density at radius 2 is 0.980 bits per heavy atom. The molecule has 0 saturated heterocycles. The van der Waals surface area contributed by atoms with Crippen LogP contribution in [0.2, 0.25) is 0 Å². The van der Waals surface area contributed by atoms with Gasteiger partial charge in [0, 0.05) is 58.8 Å². The molecule has 0 spiro atoms. The largest absolute Gasteiger partial charge is 0.385 e. The molecule has 4 heteroatoms. The predicted molar refractivity (Wildman–Crippen MR) is 224 cm³/mol. The van der Waals surface area contributed by atoms with Crippen LogP contribution in [0, 0.1) is 13.8 Å². The van der Waals surface area contributed by atoms with Gasteiger partial charge in [0.25, 0.3) is 0 Å². The normalized spacial score (nSPS) is 18.7. The predicted octanol–water partition coefficient (Wildman–Crippen LogP) is 12.7. The number of rotatable bonds is 8. The van der Waals surface area contributed by atoms with Crippen LogP contribution in [0.15, 0.2) is 84.9 Å². The molecule has 2 aliphatic rings. The molecule has 4 aromatic rings. The van der Waals surface area contributed by atoms with Gasteiger partial charge < -0.3 is 21.3 Å². The maximum Gasteiger partial charge on any atom is 0.0413 e. The van der Waals surface area contributed by atoms with Gasteiger partial charge in [0.1, 0.15) is 0 Å². The SMILES string of the molecule is CC.CC.CCC(CC)Nc1cc(C)c2c(c1)C(C)(c1ccccc1)CCN2.Cc1cc(NC(C)C)cc2c1NCCC2(C)c1ccccc1. The molecule has 0 radical (unpaired) electrons. The fourth-order valence-corrected chi connectivity index (χ4v) is 7.50. The fraction of sp³-hybridized carbons (Fsp3) is 0.478. The van der Waals surface area contributed by atoms with Crippen molar-refractivity contribution in [1.29, 1.82) is 0 Å². The molecule has 0 bridgehead atoms. The molecule has 0 amide bonds. The molecule has 2 heterocycles. The van der Waals surface area contributed by atoms with Crippen LogP contribution in [-0.4, -0.2) is 25.2 Å². The van der Waals surface area contributed by atoms with Crippen molar-refractivity contribution in [1.82, 2.24) is 0 Å². The average Bonchev–Trinajstić information content (AvgIpc) is 3.14. The molecule has 4 N–H and O–H groups in total. The number of anilines is 4. The number of fused-ring (bicyclic) bond motifs is 2. The highest BCUT2D eigenvalue weighted by atomic mass is 14.9. The summed E-state index contributed by atoms with van der Waals surface area (Å²) < 4.78 is 0. The lowest BCUT2D eigenvalue weighted by atomic mass is 9.70. The topological polar surface area (TPSA) is 48.1 Å². The number of hydrogen-bond donors (Lipinski definition) is 4. The molecule has 50 heavy (non-hydrogen) atoms. The molecule has 4 nitrogen and oxygen atoms in total. The Morgan fingerprint density at radius 3 is 1.34 bits per heavy atom. The van der Waals surface area contributed by atoms with Gasteiger partial charge in [-0.25, -0.2) is 0 Å². The summed E-state index contributed by atoms with van der Waals surface area (Å²) in [6, 6.07) is 32.1. The first-order valence-electron chi connectivity index (χ1n) is 19.5. The van der Waals surface area contributed by atoms with Crippen molar-refractivity contribution in [2.75, 3.05) is 34.4 Å². The van der Waals surface area contributed by atoms with Crippen LogP contribution in [0.3, 0.4) is 0 Å². The van der Waals surface area contributed by atoms with Crippen molar-refractivity contribution in [3.63, 3.8) is 0 Å². The summed E-state index contributed by atoms with van der Waals surface area (Å²) in [6.07, 6.45) is 4.55. The van der Waals surface area contributed by atoms with Crippen LogP contribution in [0.1, 0.15) is 128 Å². The Bertz CT molecular complexity index is 1590. The van der Waals surface area contributed by atoms with E-state index in [2.05, 4.69) is 162 Å². The van der Waals surface area contributed by atoms with Gasteiger partial charge in [0.2, 0.25) is 0 Å². The van der Waals surface area contributed by atoms with E-state index < -0.39 is 0 Å². The highest BCUT2D eigenvalue weighted by molar-refractivity contribution is 5.71. The Hall–Kier alpha value is -3.92. The Balaban J connectivity index is 0.000000247. The third kappa shape index (κ3) is 9.24. The quantitative estimate of drug-likeness (QED) is 0.150. The zero-order chi connectivity index (χ0) is 36.9. The number of aryl methyl sites for hydroxylation is 2. The van der Waals surface area contributed by atoms with Gasteiger partial charge in [0.15, 0.2) is 0 Å². The minimum atomic E-state index is 0.0677. The average molecular weight is 677 g/mol. The maximum atomic E-state index is 3.73. The van der Waals surface area contributed by atoms with E-state index in [1.807, 2.05) is 27.7 Å². The zero-order valence-electron chi connectivity index (χ0n) is 33.5. The second-order valence-corrected chi connectivity index (χ2v) is 14.1. The molecular formula is C46H68N4. The standard InChI is InChI=1S/C22H30N2.C20H26N2.2C2H6/c1-5-18(6-2)24-19-14-16(3)21-20(15-19)22(4,12-13-23-21)17-10-8-7-9-11-17;1-14(2)22-17-12-15(3)19-18(13-17)20(4,10-11-21-19)16-8-6-5-7-9-16;2*1-2/h7-11,14-15,18,23-24H,5-6,12-13H2,1-4H3;5-9,12-14,21-22H,10-11H2,1-4H3;2*1-2H3. The Morgan fingerprint density at radius 1 is 0.600 bits per heavy atom. The molecular weight excluding hydrogens is 609 g/mol. The molecule has 0 fully saturated rings. The van der Waals surface area contributed by atoms with E-state index in [0.29, 0.717) is 12.1 Å². The van der Waals surface area contributed by atoms with Gasteiger partial charge >= 0.3 is 0 Å². The van der Waals surface area contributed by atoms with Gasteiger partial charge in [-0.15, -0.1) is 0 Å². The summed E-state index contributed by atoms with van der Waals surface area (Å²) in [7, 11) is 0. The highest BCUT2D eigenvalue weighted by Gasteiger charge is 2.36. The van der Waals surface area contributed by atoms with Crippen molar-refractivity contribution in [2.45, 2.75) is 132 Å². The Labute approximate surface area is 306 Å². The number of benzene rings is 4. The van der Waals surface area contributed by atoms with E-state index in [-0.39, 0.29) is 10.8 Å². The summed E-state index contributed by atoms with van der Waals surface area (Å²) in [6.45, 7) is 28.1. The van der Waals surface area contributed by atoms with E-state index >= 15 is 0 Å². The van der Waals surface area contributed by atoms with E-state index in [1.165, 1.54) is 56.1 Å². The van der Waals surface area contributed by atoms with Crippen LogP contribution in [0.25, 0.3) is 0 Å². The highest BCUT2D eigenvalue weighted by Crippen LogP contribution is 2.46. The lowest BCUT2D eigenvalue weighted by Gasteiger charge is -2.38. The summed E-state index contributed by atoms with van der Waals surface area (Å²) in [5, 5.41) is 14.5. The molecule has 0 aromatic heterocycles. The molecule has 2 atom stereocenters. The summed E-state index contributed by atoms with van der Waals surface area (Å²) >= 11 is 0. The van der Waals surface area contributed by atoms with Crippen molar-refractivity contribution in [2.24, 2.45) is 0 Å². The minimum absolute atomic E-state index is 0.0677. The van der Waals surface area contributed by atoms with Crippen LogP contribution in [0.4, 0.5) is 22.7 Å². The molecule has 272 valence electrons. The summed E-state index contributed by atoms with van der Waals surface area (Å²) in [5.41, 5.74) is 13.6. The second kappa shape index (κ2) is 18.9. The first-order valence-corrected chi connectivity index (χ1v) is 19.5. The van der Waals surface area contributed by atoms with E-state index in [4.69, 9.17) is 0 Å². The van der Waals surface area contributed by atoms with Crippen LogP contribution >= 0.6 is 0 Å². The molecule has 0 aliphatic carbocycles. The van der Waals surface area contributed by atoms with Gasteiger partial charge in [-0.05, 0) is 111 Å². The summed E-state index contributed by atoms with van der Waals surface area (Å²) in [5.74, 6) is 0. The minimum Gasteiger partial charge on any atom is -0.385 e. The van der Waals surface area contributed by atoms with Gasteiger partial charge in [-0.2, -0.15) is 0 Å². The third-order valence-electron chi connectivity index (χ3n) is 10.3. The van der Waals surface area contributed by atoms with E-state index in [1.54, 1.807) is 0 Å². The lowest BCUT2D eigenvalue weighted by molar-refractivity contribution is 0.521. The van der Waals surface area contributed by atoms with Gasteiger partial charge in [-0.3, -0.25) is 0 Å². The molecule has 0 saturated carbocycles. The first-order chi connectivity index (χ1) is 24.1. The smallest absolute Gasteiger partial charge is 0.0413 e. The number of nitrogens with one attached hydrogen (secondary N) is 4. The lowest BCUT2D eigenvalue weighted by Crippen LogP contribution is -2.33. The van der Waals surface area contributed by atoms with E-state index in [0.717, 1.165) is 38.8 Å². The monoisotopic (exact) mass is 677 g/mol. The van der Waals surface area contributed by atoms with Crippen LogP contribution in [0.5, 0.6) is 0 Å². The number of hydrogen-bond acceptors (Lipinski definition) is 4. The molecule has 4 aromatic carbocycles. The zero-order valence-corrected chi connectivity index (χ0v) is 33.5. The van der Waals surface area contributed by atoms with Crippen molar-refractivity contribution >= 4 is 22.7 Å². The second-order valence-electron chi connectivity index (χ2n) is 14.1. The van der Waals surface area contributed by atoms with Gasteiger partial charge in [0.05, 0.1) is 0 Å². The van der Waals surface area contributed by atoms with E-state index in [9.17, 15) is 0 Å². The van der Waals surface area contributed by atoms with Crippen molar-refractivity contribution < 1.29 is 0 Å². The molecule has 2 aliphatic heterocycles. The van der Waals surface area contributed by atoms with Crippen molar-refractivity contribution in [3.05, 3.63) is 118 Å². The van der Waals surface area contributed by atoms with Gasteiger partial charge in [-0.1, -0.05) is 116 Å². The first kappa shape index (κ1) is 40.5. The van der Waals surface area contributed by atoms with Crippen LogP contribution in [-0.2, 0) is 10.8 Å². The summed E-state index contributed by atoms with van der Waals surface area (Å²) in [4.78, 5) is 0. The maximum absolute atomic E-state index is 3.73. The van der Waals surface area contributed by atoms with Crippen molar-refractivity contribution in [3.8, 4) is 0 Å². The van der Waals surface area contributed by atoms with Crippen LogP contribution < -0.4 is 21.3 Å². The third-order valence-corrected chi connectivity index (χ3v) is 10.3.